The fraction of sp³-hybridized carbons (Fsp3) is 1.00. The predicted octanol–water partition coefficient (Wildman–Crippen LogP) is 3.59. The Morgan fingerprint density at radius 2 is 1.37 bits per heavy atom. The summed E-state index contributed by atoms with van der Waals surface area (Å²) in [6, 6.07) is 0. The van der Waals surface area contributed by atoms with Crippen LogP contribution >= 0.6 is 7.14 Å². The molecule has 0 aromatic heterocycles. The van der Waals surface area contributed by atoms with Crippen molar-refractivity contribution >= 4 is 7.14 Å². The van der Waals surface area contributed by atoms with Gasteiger partial charge in [0, 0.05) is 19.4 Å². The van der Waals surface area contributed by atoms with Crippen molar-refractivity contribution in [3.8, 4) is 0 Å². The molecule has 0 aliphatic rings. The smallest absolute Gasteiger partial charge is 0.112 e. The van der Waals surface area contributed by atoms with E-state index in [4.69, 9.17) is 14.2 Å². The second kappa shape index (κ2) is 13.1. The Kier molecular flexibility index (Phi) is 13.2. The highest BCUT2D eigenvalue weighted by atomic mass is 31.2. The molecule has 0 aliphatic heterocycles. The summed E-state index contributed by atoms with van der Waals surface area (Å²) in [6.45, 7) is 6.52. The van der Waals surface area contributed by atoms with Crippen molar-refractivity contribution in [2.45, 2.75) is 39.5 Å². The van der Waals surface area contributed by atoms with Crippen LogP contribution in [0.5, 0.6) is 0 Å². The van der Waals surface area contributed by atoms with E-state index in [9.17, 15) is 4.57 Å². The summed E-state index contributed by atoms with van der Waals surface area (Å²) in [5.74, 6) is 0. The summed E-state index contributed by atoms with van der Waals surface area (Å²) in [5, 5.41) is 0. The van der Waals surface area contributed by atoms with E-state index in [1.54, 1.807) is 7.11 Å². The lowest BCUT2D eigenvalue weighted by Gasteiger charge is -2.18. The molecule has 0 fully saturated rings. The van der Waals surface area contributed by atoms with Gasteiger partial charge in [0.25, 0.3) is 0 Å². The monoisotopic (exact) mass is 294 g/mol. The SMILES string of the molecule is CCCCP(=O)(CCCC)COCCOCCOC. The second-order valence-corrected chi connectivity index (χ2v) is 8.12. The van der Waals surface area contributed by atoms with Gasteiger partial charge in [-0.05, 0) is 12.8 Å². The first-order chi connectivity index (χ1) is 9.18. The maximum Gasteiger partial charge on any atom is 0.112 e. The standard InChI is InChI=1S/C14H31O4P/c1-4-6-12-19(15,13-7-5-2)14-18-11-10-17-9-8-16-3/h4-14H2,1-3H3. The second-order valence-electron chi connectivity index (χ2n) is 4.85. The van der Waals surface area contributed by atoms with Gasteiger partial charge in [0.05, 0.1) is 32.8 Å². The molecule has 0 rings (SSSR count). The van der Waals surface area contributed by atoms with Crippen LogP contribution in [0.2, 0.25) is 0 Å². The third-order valence-electron chi connectivity index (χ3n) is 2.97. The van der Waals surface area contributed by atoms with Crippen LogP contribution in [0.15, 0.2) is 0 Å². The molecule has 0 saturated carbocycles. The van der Waals surface area contributed by atoms with Gasteiger partial charge in [-0.1, -0.05) is 26.7 Å². The summed E-state index contributed by atoms with van der Waals surface area (Å²) >= 11 is 0. The van der Waals surface area contributed by atoms with Crippen LogP contribution < -0.4 is 0 Å². The highest BCUT2D eigenvalue weighted by Crippen LogP contribution is 2.47. The zero-order valence-corrected chi connectivity index (χ0v) is 13.8. The van der Waals surface area contributed by atoms with Gasteiger partial charge in [0.15, 0.2) is 0 Å². The highest BCUT2D eigenvalue weighted by Gasteiger charge is 2.20. The molecule has 19 heavy (non-hydrogen) atoms. The Bertz CT molecular complexity index is 221. The number of unbranched alkanes of at least 4 members (excludes halogenated alkanes) is 2. The first-order valence-corrected chi connectivity index (χ1v) is 9.66. The minimum Gasteiger partial charge on any atom is -0.382 e. The molecule has 5 heteroatoms. The molecule has 0 aliphatic carbocycles. The van der Waals surface area contributed by atoms with Crippen LogP contribution in [0, 0.1) is 0 Å². The number of hydrogen-bond donors (Lipinski definition) is 0. The van der Waals surface area contributed by atoms with Crippen molar-refractivity contribution in [3.63, 3.8) is 0 Å². The molecule has 0 aromatic rings. The van der Waals surface area contributed by atoms with E-state index < -0.39 is 7.14 Å². The lowest BCUT2D eigenvalue weighted by molar-refractivity contribution is 0.0344. The first kappa shape index (κ1) is 19.1. The van der Waals surface area contributed by atoms with Crippen molar-refractivity contribution in [1.29, 1.82) is 0 Å². The summed E-state index contributed by atoms with van der Waals surface area (Å²) in [6.07, 6.45) is 6.33. The van der Waals surface area contributed by atoms with Crippen LogP contribution in [0.3, 0.4) is 0 Å². The molecule has 4 nitrogen and oxygen atoms in total. The first-order valence-electron chi connectivity index (χ1n) is 7.40. The van der Waals surface area contributed by atoms with Crippen molar-refractivity contribution < 1.29 is 18.8 Å². The van der Waals surface area contributed by atoms with Gasteiger partial charge in [-0.25, -0.2) is 0 Å². The third kappa shape index (κ3) is 11.6. The Balaban J connectivity index is 3.76. The van der Waals surface area contributed by atoms with Gasteiger partial charge in [-0.2, -0.15) is 0 Å². The quantitative estimate of drug-likeness (QED) is 0.363. The molecule has 0 atom stereocenters. The van der Waals surface area contributed by atoms with Crippen LogP contribution in [-0.4, -0.2) is 52.2 Å². The summed E-state index contributed by atoms with van der Waals surface area (Å²) in [7, 11) is -0.466. The molecular formula is C14H31O4P. The van der Waals surface area contributed by atoms with Crippen molar-refractivity contribution in [1.82, 2.24) is 0 Å². The molecule has 0 radical (unpaired) electrons. The van der Waals surface area contributed by atoms with E-state index in [-0.39, 0.29) is 0 Å². The van der Waals surface area contributed by atoms with E-state index in [0.29, 0.717) is 32.8 Å². The fourth-order valence-electron chi connectivity index (χ4n) is 1.73. The zero-order valence-electron chi connectivity index (χ0n) is 12.9. The molecule has 0 spiro atoms. The Morgan fingerprint density at radius 3 is 1.89 bits per heavy atom. The molecule has 116 valence electrons. The third-order valence-corrected chi connectivity index (χ3v) is 5.88. The normalized spacial score (nSPS) is 11.9. The Morgan fingerprint density at radius 1 is 0.842 bits per heavy atom. The Labute approximate surface area is 118 Å². The molecular weight excluding hydrogens is 263 g/mol. The molecule has 0 saturated heterocycles. The van der Waals surface area contributed by atoms with Gasteiger partial charge >= 0.3 is 0 Å². The maximum absolute atomic E-state index is 12.7. The van der Waals surface area contributed by atoms with E-state index in [0.717, 1.165) is 38.0 Å². The van der Waals surface area contributed by atoms with E-state index in [1.807, 2.05) is 0 Å². The van der Waals surface area contributed by atoms with E-state index >= 15 is 0 Å². The molecule has 0 amide bonds. The molecule has 0 aromatic carbocycles. The van der Waals surface area contributed by atoms with Gasteiger partial charge in [-0.3, -0.25) is 0 Å². The van der Waals surface area contributed by atoms with Crippen LogP contribution in [0.25, 0.3) is 0 Å². The van der Waals surface area contributed by atoms with E-state index in [2.05, 4.69) is 13.8 Å². The van der Waals surface area contributed by atoms with Crippen LogP contribution in [0.4, 0.5) is 0 Å². The van der Waals surface area contributed by atoms with Gasteiger partial charge in [-0.15, -0.1) is 0 Å². The van der Waals surface area contributed by atoms with Gasteiger partial charge in [0.2, 0.25) is 0 Å². The number of methoxy groups -OCH3 is 1. The predicted molar refractivity (Wildman–Crippen MR) is 80.7 cm³/mol. The average molecular weight is 294 g/mol. The number of hydrogen-bond acceptors (Lipinski definition) is 4. The minimum atomic E-state index is -2.12. The van der Waals surface area contributed by atoms with Crippen molar-refractivity contribution in [3.05, 3.63) is 0 Å². The minimum absolute atomic E-state index is 0.417. The highest BCUT2D eigenvalue weighted by molar-refractivity contribution is 7.63. The van der Waals surface area contributed by atoms with Gasteiger partial charge < -0.3 is 18.8 Å². The van der Waals surface area contributed by atoms with Crippen molar-refractivity contribution in [2.75, 3.05) is 52.2 Å². The fourth-order valence-corrected chi connectivity index (χ4v) is 4.46. The maximum atomic E-state index is 12.7. The van der Waals surface area contributed by atoms with Crippen LogP contribution in [0.1, 0.15) is 39.5 Å². The average Bonchev–Trinajstić information content (AvgIpc) is 2.42. The van der Waals surface area contributed by atoms with Gasteiger partial charge in [0.1, 0.15) is 7.14 Å². The van der Waals surface area contributed by atoms with Crippen molar-refractivity contribution in [2.24, 2.45) is 0 Å². The summed E-state index contributed by atoms with van der Waals surface area (Å²) in [5.41, 5.74) is 0. The Hall–Kier alpha value is 0.110. The van der Waals surface area contributed by atoms with Crippen LogP contribution in [-0.2, 0) is 18.8 Å². The molecule has 0 unspecified atom stereocenters. The largest absolute Gasteiger partial charge is 0.382 e. The summed E-state index contributed by atoms with van der Waals surface area (Å²) < 4.78 is 28.4. The number of ether oxygens (including phenoxy) is 3. The van der Waals surface area contributed by atoms with E-state index in [1.165, 1.54) is 0 Å². The lowest BCUT2D eigenvalue weighted by Crippen LogP contribution is -2.10. The number of rotatable bonds is 14. The molecule has 0 bridgehead atoms. The molecule has 0 heterocycles. The lowest BCUT2D eigenvalue weighted by atomic mass is 10.4. The molecule has 0 N–H and O–H groups in total. The summed E-state index contributed by atoms with van der Waals surface area (Å²) in [4.78, 5) is 0. The topological polar surface area (TPSA) is 44.8 Å². The zero-order chi connectivity index (χ0) is 14.4.